The van der Waals surface area contributed by atoms with E-state index >= 15 is 0 Å². The molecule has 0 saturated carbocycles. The van der Waals surface area contributed by atoms with Gasteiger partial charge in [-0.25, -0.2) is 0 Å². The Morgan fingerprint density at radius 1 is 1.36 bits per heavy atom. The summed E-state index contributed by atoms with van der Waals surface area (Å²) >= 11 is 0. The van der Waals surface area contributed by atoms with Gasteiger partial charge in [0.15, 0.2) is 0 Å². The predicted molar refractivity (Wildman–Crippen MR) is 46.8 cm³/mol. The summed E-state index contributed by atoms with van der Waals surface area (Å²) in [5.41, 5.74) is 0. The lowest BCUT2D eigenvalue weighted by Crippen LogP contribution is -2.34. The van der Waals surface area contributed by atoms with Gasteiger partial charge in [0.1, 0.15) is 0 Å². The van der Waals surface area contributed by atoms with Gasteiger partial charge in [-0.3, -0.25) is 4.79 Å². The van der Waals surface area contributed by atoms with Crippen molar-refractivity contribution in [1.29, 1.82) is 0 Å². The van der Waals surface area contributed by atoms with Crippen LogP contribution in [0.5, 0.6) is 0 Å². The zero-order chi connectivity index (χ0) is 11.0. The van der Waals surface area contributed by atoms with Crippen molar-refractivity contribution < 1.29 is 18.0 Å². The Morgan fingerprint density at radius 3 is 2.50 bits per heavy atom. The highest BCUT2D eigenvalue weighted by Gasteiger charge is 2.25. The Bertz CT molecular complexity index is 170. The van der Waals surface area contributed by atoms with Crippen LogP contribution in [0.1, 0.15) is 19.8 Å². The van der Waals surface area contributed by atoms with E-state index in [9.17, 15) is 18.0 Å². The van der Waals surface area contributed by atoms with Crippen LogP contribution in [0, 0.1) is 0 Å². The van der Waals surface area contributed by atoms with Crippen LogP contribution >= 0.6 is 0 Å². The molecule has 0 aliphatic carbocycles. The summed E-state index contributed by atoms with van der Waals surface area (Å²) in [4.78, 5) is 10.9. The van der Waals surface area contributed by atoms with Crippen LogP contribution in [0.3, 0.4) is 0 Å². The van der Waals surface area contributed by atoms with E-state index < -0.39 is 12.6 Å². The predicted octanol–water partition coefficient (Wildman–Crippen LogP) is 1.05. The third-order valence-electron chi connectivity index (χ3n) is 1.49. The SMILES string of the molecule is CCNCC(=O)NCCCC(F)(F)F. The molecular weight excluding hydrogens is 197 g/mol. The van der Waals surface area contributed by atoms with Crippen molar-refractivity contribution in [2.45, 2.75) is 25.9 Å². The van der Waals surface area contributed by atoms with Crippen LogP contribution in [0.15, 0.2) is 0 Å². The molecule has 2 N–H and O–H groups in total. The van der Waals surface area contributed by atoms with Crippen molar-refractivity contribution in [2.24, 2.45) is 0 Å². The maximum atomic E-state index is 11.7. The van der Waals surface area contributed by atoms with Crippen molar-refractivity contribution in [3.8, 4) is 0 Å². The minimum Gasteiger partial charge on any atom is -0.355 e. The summed E-state index contributed by atoms with van der Waals surface area (Å²) in [6.45, 7) is 2.74. The molecule has 0 bridgehead atoms. The first-order chi connectivity index (χ1) is 6.45. The maximum absolute atomic E-state index is 11.7. The van der Waals surface area contributed by atoms with Gasteiger partial charge < -0.3 is 10.6 Å². The summed E-state index contributed by atoms with van der Waals surface area (Å²) < 4.78 is 35.0. The Balaban J connectivity index is 3.32. The molecule has 0 atom stereocenters. The molecule has 0 fully saturated rings. The second kappa shape index (κ2) is 6.64. The third-order valence-corrected chi connectivity index (χ3v) is 1.49. The van der Waals surface area contributed by atoms with Gasteiger partial charge in [0.25, 0.3) is 0 Å². The molecule has 3 nitrogen and oxygen atoms in total. The zero-order valence-corrected chi connectivity index (χ0v) is 8.08. The maximum Gasteiger partial charge on any atom is 0.389 e. The van der Waals surface area contributed by atoms with Crippen LogP contribution in [0.2, 0.25) is 0 Å². The van der Waals surface area contributed by atoms with Gasteiger partial charge in [-0.05, 0) is 13.0 Å². The van der Waals surface area contributed by atoms with E-state index in [1.165, 1.54) is 0 Å². The van der Waals surface area contributed by atoms with Crippen molar-refractivity contribution in [1.82, 2.24) is 10.6 Å². The van der Waals surface area contributed by atoms with Gasteiger partial charge in [0.2, 0.25) is 5.91 Å². The molecule has 0 unspecified atom stereocenters. The van der Waals surface area contributed by atoms with Crippen LogP contribution < -0.4 is 10.6 Å². The van der Waals surface area contributed by atoms with Gasteiger partial charge in [-0.1, -0.05) is 6.92 Å². The van der Waals surface area contributed by atoms with Crippen LogP contribution in [-0.2, 0) is 4.79 Å². The molecule has 0 aromatic rings. The molecule has 0 aliphatic heterocycles. The van der Waals surface area contributed by atoms with E-state index in [1.807, 2.05) is 6.92 Å². The van der Waals surface area contributed by atoms with Gasteiger partial charge in [0.05, 0.1) is 6.54 Å². The highest BCUT2D eigenvalue weighted by Crippen LogP contribution is 2.20. The van der Waals surface area contributed by atoms with E-state index in [0.29, 0.717) is 6.54 Å². The van der Waals surface area contributed by atoms with Crippen LogP contribution in [0.25, 0.3) is 0 Å². The lowest BCUT2D eigenvalue weighted by molar-refractivity contribution is -0.136. The summed E-state index contributed by atoms with van der Waals surface area (Å²) in [6.07, 6.45) is -5.05. The largest absolute Gasteiger partial charge is 0.389 e. The number of likely N-dealkylation sites (N-methyl/N-ethyl adjacent to an activating group) is 1. The third kappa shape index (κ3) is 9.31. The monoisotopic (exact) mass is 212 g/mol. The normalized spacial score (nSPS) is 11.4. The van der Waals surface area contributed by atoms with Crippen molar-refractivity contribution in [3.05, 3.63) is 0 Å². The average Bonchev–Trinajstić information content (AvgIpc) is 2.07. The van der Waals surface area contributed by atoms with Gasteiger partial charge >= 0.3 is 6.18 Å². The van der Waals surface area contributed by atoms with Crippen LogP contribution in [-0.4, -0.2) is 31.7 Å². The molecule has 1 amide bonds. The fourth-order valence-corrected chi connectivity index (χ4v) is 0.818. The number of hydrogen-bond acceptors (Lipinski definition) is 2. The summed E-state index contributed by atoms with van der Waals surface area (Å²) in [5, 5.41) is 5.16. The van der Waals surface area contributed by atoms with Gasteiger partial charge in [0, 0.05) is 13.0 Å². The first-order valence-corrected chi connectivity index (χ1v) is 4.50. The number of halogens is 3. The van der Waals surface area contributed by atoms with Gasteiger partial charge in [-0.2, -0.15) is 13.2 Å². The molecule has 0 heterocycles. The molecule has 0 aliphatic rings. The highest BCUT2D eigenvalue weighted by molar-refractivity contribution is 5.77. The lowest BCUT2D eigenvalue weighted by Gasteiger charge is -2.07. The number of carbonyl (C=O) groups is 1. The molecule has 0 saturated heterocycles. The van der Waals surface area contributed by atoms with E-state index in [4.69, 9.17) is 0 Å². The average molecular weight is 212 g/mol. The summed E-state index contributed by atoms with van der Waals surface area (Å²) in [5.74, 6) is -0.269. The van der Waals surface area contributed by atoms with Crippen molar-refractivity contribution in [3.63, 3.8) is 0 Å². The Morgan fingerprint density at radius 2 is 2.00 bits per heavy atom. The number of amides is 1. The van der Waals surface area contributed by atoms with Crippen molar-refractivity contribution in [2.75, 3.05) is 19.6 Å². The number of carbonyl (C=O) groups excluding carboxylic acids is 1. The minimum atomic E-state index is -4.13. The zero-order valence-electron chi connectivity index (χ0n) is 8.08. The highest BCUT2D eigenvalue weighted by atomic mass is 19.4. The fourth-order valence-electron chi connectivity index (χ4n) is 0.818. The second-order valence-corrected chi connectivity index (χ2v) is 2.85. The second-order valence-electron chi connectivity index (χ2n) is 2.85. The van der Waals surface area contributed by atoms with E-state index in [1.54, 1.807) is 0 Å². The Kier molecular flexibility index (Phi) is 6.27. The quantitative estimate of drug-likeness (QED) is 0.646. The van der Waals surface area contributed by atoms with E-state index in [2.05, 4.69) is 10.6 Å². The first kappa shape index (κ1) is 13.2. The Labute approximate surface area is 81.1 Å². The minimum absolute atomic E-state index is 0.0681. The number of rotatable bonds is 6. The smallest absolute Gasteiger partial charge is 0.355 e. The van der Waals surface area contributed by atoms with E-state index in [0.717, 1.165) is 0 Å². The first-order valence-electron chi connectivity index (χ1n) is 4.50. The standard InChI is InChI=1S/C8H15F3N2O/c1-2-12-6-7(14)13-5-3-4-8(9,10)11/h12H,2-6H2,1H3,(H,13,14). The fraction of sp³-hybridized carbons (Fsp3) is 0.875. The Hall–Kier alpha value is -0.780. The van der Waals surface area contributed by atoms with Gasteiger partial charge in [-0.15, -0.1) is 0 Å². The molecule has 0 spiro atoms. The van der Waals surface area contributed by atoms with Crippen LogP contribution in [0.4, 0.5) is 13.2 Å². The molecule has 0 radical (unpaired) electrons. The topological polar surface area (TPSA) is 41.1 Å². The molecule has 6 heteroatoms. The number of hydrogen-bond donors (Lipinski definition) is 2. The van der Waals surface area contributed by atoms with Crippen molar-refractivity contribution >= 4 is 5.91 Å². The molecule has 0 aromatic carbocycles. The number of alkyl halides is 3. The molecule has 0 rings (SSSR count). The number of nitrogens with one attached hydrogen (secondary N) is 2. The molecule has 0 aromatic heterocycles. The lowest BCUT2D eigenvalue weighted by atomic mass is 10.3. The molecular formula is C8H15F3N2O. The van der Waals surface area contributed by atoms with E-state index in [-0.39, 0.29) is 25.4 Å². The molecule has 14 heavy (non-hydrogen) atoms. The molecule has 84 valence electrons. The summed E-state index contributed by atoms with van der Waals surface area (Å²) in [6, 6.07) is 0. The summed E-state index contributed by atoms with van der Waals surface area (Å²) in [7, 11) is 0.